The van der Waals surface area contributed by atoms with Gasteiger partial charge >= 0.3 is 5.97 Å². The summed E-state index contributed by atoms with van der Waals surface area (Å²) in [4.78, 5) is 25.5. The minimum atomic E-state index is -3.99. The molecular weight excluding hydrogens is 508 g/mol. The van der Waals surface area contributed by atoms with Crippen molar-refractivity contribution in [2.75, 3.05) is 32.7 Å². The molecule has 0 atom stereocenters. The topological polar surface area (TPSA) is 111 Å². The van der Waals surface area contributed by atoms with E-state index in [0.717, 1.165) is 37.7 Å². The molecule has 2 aromatic carbocycles. The summed E-state index contributed by atoms with van der Waals surface area (Å²) >= 11 is 0. The summed E-state index contributed by atoms with van der Waals surface area (Å²) in [6.45, 7) is 1.81. The van der Waals surface area contributed by atoms with Crippen LogP contribution in [0.25, 0.3) is 0 Å². The fourth-order valence-corrected chi connectivity index (χ4v) is 6.77. The molecule has 4 rings (SSSR count). The molecule has 2 aliphatic rings. The van der Waals surface area contributed by atoms with Gasteiger partial charge in [-0.1, -0.05) is 31.4 Å². The molecule has 1 amide bonds. The second-order valence-electron chi connectivity index (χ2n) is 9.79. The van der Waals surface area contributed by atoms with Gasteiger partial charge in [-0.3, -0.25) is 9.59 Å². The molecule has 0 spiro atoms. The van der Waals surface area contributed by atoms with Crippen LogP contribution in [0.1, 0.15) is 57.4 Å². The third-order valence-corrected chi connectivity index (χ3v) is 9.27. The maximum atomic E-state index is 13.8. The summed E-state index contributed by atoms with van der Waals surface area (Å²) in [6, 6.07) is 11.3. The summed E-state index contributed by atoms with van der Waals surface area (Å²) in [5.41, 5.74) is 0.795. The van der Waals surface area contributed by atoms with E-state index in [1.807, 2.05) is 12.1 Å². The number of carbonyl (C=O) groups excluding carboxylic acids is 2. The van der Waals surface area contributed by atoms with Crippen LogP contribution in [0, 0.1) is 0 Å². The van der Waals surface area contributed by atoms with Crippen LogP contribution in [0.15, 0.2) is 47.4 Å². The van der Waals surface area contributed by atoms with Crippen molar-refractivity contribution < 1.29 is 32.2 Å². The maximum absolute atomic E-state index is 13.8. The Morgan fingerprint density at radius 3 is 2.21 bits per heavy atom. The summed E-state index contributed by atoms with van der Waals surface area (Å²) in [5, 5.41) is 2.82. The predicted octanol–water partition coefficient (Wildman–Crippen LogP) is 4.26. The van der Waals surface area contributed by atoms with Gasteiger partial charge < -0.3 is 19.5 Å². The van der Waals surface area contributed by atoms with Gasteiger partial charge in [0.05, 0.1) is 37.7 Å². The molecule has 2 aliphatic carbocycles. The van der Waals surface area contributed by atoms with Crippen molar-refractivity contribution in [2.45, 2.75) is 68.2 Å². The zero-order chi connectivity index (χ0) is 27.3. The van der Waals surface area contributed by atoms with Crippen molar-refractivity contribution in [1.82, 2.24) is 4.31 Å². The molecule has 0 aliphatic heterocycles. The third kappa shape index (κ3) is 5.81. The highest BCUT2D eigenvalue weighted by Gasteiger charge is 2.52. The number of nitrogens with zero attached hydrogens (tertiary/aromatic N) is 1. The second-order valence-corrected chi connectivity index (χ2v) is 11.7. The molecule has 0 aromatic heterocycles. The van der Waals surface area contributed by atoms with Crippen molar-refractivity contribution in [1.29, 1.82) is 0 Å². The lowest BCUT2D eigenvalue weighted by molar-refractivity contribution is -0.146. The first kappa shape index (κ1) is 27.9. The van der Waals surface area contributed by atoms with Crippen LogP contribution in [0.4, 0.5) is 5.69 Å². The monoisotopic (exact) mass is 544 g/mol. The lowest BCUT2D eigenvalue weighted by Crippen LogP contribution is -2.45. The largest absolute Gasteiger partial charge is 0.493 e. The first-order chi connectivity index (χ1) is 18.2. The highest BCUT2D eigenvalue weighted by atomic mass is 32.2. The van der Waals surface area contributed by atoms with Gasteiger partial charge in [-0.05, 0) is 62.4 Å². The number of hydrogen-bond donors (Lipinski definition) is 1. The number of amides is 1. The number of nitrogens with one attached hydrogen (secondary N) is 1. The molecular formula is C28H36N2O7S. The van der Waals surface area contributed by atoms with Crippen LogP contribution in [-0.4, -0.2) is 58.0 Å². The Kier molecular flexibility index (Phi) is 8.62. The molecule has 0 heterocycles. The van der Waals surface area contributed by atoms with Crippen molar-refractivity contribution in [3.05, 3.63) is 48.0 Å². The number of hydrogen-bond acceptors (Lipinski definition) is 7. The Morgan fingerprint density at radius 1 is 0.974 bits per heavy atom. The lowest BCUT2D eigenvalue weighted by atomic mass is 9.95. The van der Waals surface area contributed by atoms with E-state index in [9.17, 15) is 18.0 Å². The van der Waals surface area contributed by atoms with Gasteiger partial charge in [0, 0.05) is 17.8 Å². The third-order valence-electron chi connectivity index (χ3n) is 7.38. The summed E-state index contributed by atoms with van der Waals surface area (Å²) in [7, 11) is -1.06. The summed E-state index contributed by atoms with van der Waals surface area (Å²) < 4.78 is 44.6. The smallest absolute Gasteiger partial charge is 0.316 e. The number of rotatable bonds is 11. The molecule has 10 heteroatoms. The number of esters is 1. The molecule has 0 bridgehead atoms. The van der Waals surface area contributed by atoms with Gasteiger partial charge in [0.2, 0.25) is 15.9 Å². The van der Waals surface area contributed by atoms with E-state index in [1.165, 1.54) is 30.7 Å². The molecule has 0 radical (unpaired) electrons. The molecule has 9 nitrogen and oxygen atoms in total. The molecule has 38 heavy (non-hydrogen) atoms. The Balaban J connectivity index is 1.52. The van der Waals surface area contributed by atoms with E-state index >= 15 is 0 Å². The van der Waals surface area contributed by atoms with E-state index in [-0.39, 0.29) is 23.5 Å². The van der Waals surface area contributed by atoms with Gasteiger partial charge in [0.25, 0.3) is 0 Å². The fraction of sp³-hybridized carbons (Fsp3) is 0.500. The number of carbonyl (C=O) groups is 2. The van der Waals surface area contributed by atoms with Crippen LogP contribution >= 0.6 is 0 Å². The van der Waals surface area contributed by atoms with Crippen LogP contribution in [0.3, 0.4) is 0 Å². The molecule has 206 valence electrons. The normalized spacial score (nSPS) is 17.1. The molecule has 0 unspecified atom stereocenters. The predicted molar refractivity (Wildman–Crippen MR) is 143 cm³/mol. The number of benzene rings is 2. The van der Waals surface area contributed by atoms with Crippen molar-refractivity contribution in [3.8, 4) is 11.5 Å². The van der Waals surface area contributed by atoms with Crippen LogP contribution in [0.2, 0.25) is 0 Å². The van der Waals surface area contributed by atoms with Crippen LogP contribution < -0.4 is 14.8 Å². The van der Waals surface area contributed by atoms with E-state index in [2.05, 4.69) is 5.32 Å². The minimum absolute atomic E-state index is 0.0478. The van der Waals surface area contributed by atoms with E-state index in [4.69, 9.17) is 14.2 Å². The number of anilines is 1. The lowest BCUT2D eigenvalue weighted by Gasteiger charge is -2.33. The number of sulfonamides is 1. The summed E-state index contributed by atoms with van der Waals surface area (Å²) in [6.07, 6.45) is 5.74. The van der Waals surface area contributed by atoms with Crippen molar-refractivity contribution in [3.63, 3.8) is 0 Å². The van der Waals surface area contributed by atoms with Crippen molar-refractivity contribution in [2.24, 2.45) is 0 Å². The first-order valence-corrected chi connectivity index (χ1v) is 14.5. The zero-order valence-electron chi connectivity index (χ0n) is 22.2. The van der Waals surface area contributed by atoms with Crippen LogP contribution in [-0.2, 0) is 29.8 Å². The standard InChI is InChI=1S/C28H36N2O7S/c1-4-37-27(32)28(16-17-28)20-10-12-21(13-11-20)29-26(31)19-30(22-8-6-5-7-9-22)38(33,34)23-14-15-24(35-2)25(18-23)36-3/h10-15,18,22H,4-9,16-17,19H2,1-3H3,(H,29,31). The average Bonchev–Trinajstić information content (AvgIpc) is 3.74. The van der Waals surface area contributed by atoms with E-state index in [0.29, 0.717) is 36.6 Å². The number of methoxy groups -OCH3 is 2. The molecule has 0 saturated heterocycles. The zero-order valence-corrected chi connectivity index (χ0v) is 23.0. The molecule has 2 aromatic rings. The second kappa shape index (κ2) is 11.7. The summed E-state index contributed by atoms with van der Waals surface area (Å²) in [5.74, 6) is 0.0740. The average molecular weight is 545 g/mol. The first-order valence-electron chi connectivity index (χ1n) is 13.1. The quantitative estimate of drug-likeness (QED) is 0.421. The SMILES string of the molecule is CCOC(=O)C1(c2ccc(NC(=O)CN(C3CCCCC3)S(=O)(=O)c3ccc(OC)c(OC)c3)cc2)CC1. The highest BCUT2D eigenvalue weighted by Crippen LogP contribution is 2.49. The fourth-order valence-electron chi connectivity index (χ4n) is 5.11. The Bertz CT molecular complexity index is 1250. The maximum Gasteiger partial charge on any atom is 0.316 e. The van der Waals surface area contributed by atoms with Gasteiger partial charge in [-0.15, -0.1) is 0 Å². The Labute approximate surface area is 224 Å². The Hall–Kier alpha value is -3.11. The van der Waals surface area contributed by atoms with Gasteiger partial charge in [-0.2, -0.15) is 4.31 Å². The molecule has 2 fully saturated rings. The van der Waals surface area contributed by atoms with E-state index < -0.39 is 21.3 Å². The number of ether oxygens (including phenoxy) is 3. The Morgan fingerprint density at radius 2 is 1.63 bits per heavy atom. The van der Waals surface area contributed by atoms with Gasteiger partial charge in [0.1, 0.15) is 0 Å². The van der Waals surface area contributed by atoms with Crippen molar-refractivity contribution >= 4 is 27.6 Å². The molecule has 1 N–H and O–H groups in total. The highest BCUT2D eigenvalue weighted by molar-refractivity contribution is 7.89. The molecule has 2 saturated carbocycles. The van der Waals surface area contributed by atoms with Gasteiger partial charge in [-0.25, -0.2) is 8.42 Å². The van der Waals surface area contributed by atoms with Crippen LogP contribution in [0.5, 0.6) is 11.5 Å². The van der Waals surface area contributed by atoms with Gasteiger partial charge in [0.15, 0.2) is 11.5 Å². The van der Waals surface area contributed by atoms with E-state index in [1.54, 1.807) is 25.1 Å². The minimum Gasteiger partial charge on any atom is -0.493 e.